The SMILES string of the molecule is CO[C@H]1CNCC1Nc1cc(C)nc2ncnn12. The van der Waals surface area contributed by atoms with E-state index in [1.807, 2.05) is 13.0 Å². The number of methoxy groups -OCH3 is 1. The Hall–Kier alpha value is -1.73. The topological polar surface area (TPSA) is 76.4 Å². The molecular weight excluding hydrogens is 232 g/mol. The lowest BCUT2D eigenvalue weighted by atomic mass is 10.2. The van der Waals surface area contributed by atoms with E-state index in [2.05, 4.69) is 25.7 Å². The van der Waals surface area contributed by atoms with E-state index in [0.717, 1.165) is 24.6 Å². The molecule has 0 bridgehead atoms. The Morgan fingerprint density at radius 2 is 2.39 bits per heavy atom. The predicted molar refractivity (Wildman–Crippen MR) is 66.6 cm³/mol. The highest BCUT2D eigenvalue weighted by Gasteiger charge is 2.27. The van der Waals surface area contributed by atoms with Crippen LogP contribution >= 0.6 is 0 Å². The maximum Gasteiger partial charge on any atom is 0.254 e. The van der Waals surface area contributed by atoms with Crippen molar-refractivity contribution in [1.29, 1.82) is 0 Å². The normalized spacial score (nSPS) is 23.7. The van der Waals surface area contributed by atoms with Crippen molar-refractivity contribution in [3.05, 3.63) is 18.1 Å². The average molecular weight is 248 g/mol. The molecular formula is C11H16N6O. The minimum Gasteiger partial charge on any atom is -0.378 e. The monoisotopic (exact) mass is 248 g/mol. The van der Waals surface area contributed by atoms with Gasteiger partial charge in [-0.1, -0.05) is 0 Å². The van der Waals surface area contributed by atoms with Crippen molar-refractivity contribution in [2.45, 2.75) is 19.1 Å². The average Bonchev–Trinajstić information content (AvgIpc) is 2.96. The van der Waals surface area contributed by atoms with Crippen LogP contribution in [-0.4, -0.2) is 51.9 Å². The second kappa shape index (κ2) is 4.51. The van der Waals surface area contributed by atoms with Crippen LogP contribution in [0.4, 0.5) is 5.82 Å². The molecule has 0 radical (unpaired) electrons. The van der Waals surface area contributed by atoms with Gasteiger partial charge in [-0.2, -0.15) is 14.6 Å². The number of nitrogens with one attached hydrogen (secondary N) is 2. The van der Waals surface area contributed by atoms with Crippen LogP contribution in [0.15, 0.2) is 12.4 Å². The fourth-order valence-corrected chi connectivity index (χ4v) is 2.27. The summed E-state index contributed by atoms with van der Waals surface area (Å²) in [4.78, 5) is 8.42. The van der Waals surface area contributed by atoms with Gasteiger partial charge in [0.05, 0.1) is 12.1 Å². The fourth-order valence-electron chi connectivity index (χ4n) is 2.27. The summed E-state index contributed by atoms with van der Waals surface area (Å²) in [6.45, 7) is 3.68. The third-order valence-corrected chi connectivity index (χ3v) is 3.17. The largest absolute Gasteiger partial charge is 0.378 e. The van der Waals surface area contributed by atoms with Gasteiger partial charge in [0.15, 0.2) is 0 Å². The molecule has 1 aliphatic heterocycles. The van der Waals surface area contributed by atoms with Gasteiger partial charge in [-0.15, -0.1) is 0 Å². The molecule has 1 fully saturated rings. The zero-order chi connectivity index (χ0) is 12.5. The number of aromatic nitrogens is 4. The van der Waals surface area contributed by atoms with Gasteiger partial charge in [0, 0.05) is 32.0 Å². The fraction of sp³-hybridized carbons (Fsp3) is 0.545. The highest BCUT2D eigenvalue weighted by molar-refractivity contribution is 5.45. The molecule has 0 aliphatic carbocycles. The molecule has 96 valence electrons. The van der Waals surface area contributed by atoms with Crippen LogP contribution < -0.4 is 10.6 Å². The van der Waals surface area contributed by atoms with Crippen LogP contribution in [-0.2, 0) is 4.74 Å². The first-order valence-electron chi connectivity index (χ1n) is 5.95. The van der Waals surface area contributed by atoms with Crippen molar-refractivity contribution in [2.24, 2.45) is 0 Å². The summed E-state index contributed by atoms with van der Waals surface area (Å²) in [6, 6.07) is 2.19. The van der Waals surface area contributed by atoms with E-state index in [-0.39, 0.29) is 12.1 Å². The Morgan fingerprint density at radius 3 is 3.22 bits per heavy atom. The minimum atomic E-state index is 0.164. The molecule has 0 aromatic carbocycles. The first-order valence-corrected chi connectivity index (χ1v) is 5.95. The zero-order valence-corrected chi connectivity index (χ0v) is 10.4. The molecule has 2 atom stereocenters. The molecule has 2 N–H and O–H groups in total. The number of fused-ring (bicyclic) bond motifs is 1. The molecule has 0 amide bonds. The van der Waals surface area contributed by atoms with E-state index in [9.17, 15) is 0 Å². The summed E-state index contributed by atoms with van der Waals surface area (Å²) in [6.07, 6.45) is 1.67. The van der Waals surface area contributed by atoms with Crippen LogP contribution in [0, 0.1) is 6.92 Å². The van der Waals surface area contributed by atoms with Crippen molar-refractivity contribution in [3.63, 3.8) is 0 Å². The summed E-state index contributed by atoms with van der Waals surface area (Å²) < 4.78 is 7.14. The van der Waals surface area contributed by atoms with E-state index < -0.39 is 0 Å². The number of anilines is 1. The lowest BCUT2D eigenvalue weighted by Gasteiger charge is -2.20. The maximum atomic E-state index is 5.43. The smallest absolute Gasteiger partial charge is 0.254 e. The number of nitrogens with zero attached hydrogens (tertiary/aromatic N) is 4. The Kier molecular flexibility index (Phi) is 2.85. The lowest BCUT2D eigenvalue weighted by Crippen LogP contribution is -2.34. The van der Waals surface area contributed by atoms with Gasteiger partial charge >= 0.3 is 0 Å². The van der Waals surface area contributed by atoms with E-state index in [1.54, 1.807) is 11.6 Å². The van der Waals surface area contributed by atoms with Crippen molar-refractivity contribution in [2.75, 3.05) is 25.5 Å². The Bertz CT molecular complexity index is 553. The number of hydrogen-bond acceptors (Lipinski definition) is 6. The summed E-state index contributed by atoms with van der Waals surface area (Å²) >= 11 is 0. The summed E-state index contributed by atoms with van der Waals surface area (Å²) in [5.41, 5.74) is 0.915. The number of hydrogen-bond donors (Lipinski definition) is 2. The first kappa shape index (κ1) is 11.4. The van der Waals surface area contributed by atoms with E-state index in [1.165, 1.54) is 6.33 Å². The third kappa shape index (κ3) is 1.91. The lowest BCUT2D eigenvalue weighted by molar-refractivity contribution is 0.111. The molecule has 1 aliphatic rings. The predicted octanol–water partition coefficient (Wildman–Crippen LogP) is -0.169. The molecule has 7 heteroatoms. The van der Waals surface area contributed by atoms with Crippen LogP contribution in [0.3, 0.4) is 0 Å². The van der Waals surface area contributed by atoms with Crippen molar-refractivity contribution < 1.29 is 4.74 Å². The van der Waals surface area contributed by atoms with Gasteiger partial charge in [-0.3, -0.25) is 0 Å². The van der Waals surface area contributed by atoms with Crippen LogP contribution in [0.1, 0.15) is 5.69 Å². The van der Waals surface area contributed by atoms with Crippen LogP contribution in [0.25, 0.3) is 5.78 Å². The van der Waals surface area contributed by atoms with Crippen molar-refractivity contribution in [1.82, 2.24) is 24.9 Å². The molecule has 7 nitrogen and oxygen atoms in total. The second-order valence-corrected chi connectivity index (χ2v) is 4.44. The van der Waals surface area contributed by atoms with E-state index in [4.69, 9.17) is 4.74 Å². The summed E-state index contributed by atoms with van der Waals surface area (Å²) in [5.74, 6) is 1.50. The van der Waals surface area contributed by atoms with Crippen molar-refractivity contribution in [3.8, 4) is 0 Å². The molecule has 3 rings (SSSR count). The van der Waals surface area contributed by atoms with Gasteiger partial charge in [-0.25, -0.2) is 4.98 Å². The van der Waals surface area contributed by atoms with E-state index in [0.29, 0.717) is 5.78 Å². The van der Waals surface area contributed by atoms with Gasteiger partial charge in [-0.05, 0) is 6.92 Å². The molecule has 1 unspecified atom stereocenters. The first-order chi connectivity index (χ1) is 8.78. The highest BCUT2D eigenvalue weighted by Crippen LogP contribution is 2.15. The molecule has 2 aromatic rings. The standard InChI is InChI=1S/C11H16N6O/c1-7-3-10(17-11(15-7)13-6-14-17)16-8-4-12-5-9(8)18-2/h3,6,8-9,12,16H,4-5H2,1-2H3/t8?,9-/m0/s1. The van der Waals surface area contributed by atoms with Gasteiger partial charge < -0.3 is 15.4 Å². The molecule has 18 heavy (non-hydrogen) atoms. The number of ether oxygens (including phenoxy) is 1. The van der Waals surface area contributed by atoms with Crippen molar-refractivity contribution >= 4 is 11.6 Å². The molecule has 2 aromatic heterocycles. The van der Waals surface area contributed by atoms with Gasteiger partial charge in [0.2, 0.25) is 0 Å². The molecule has 0 saturated carbocycles. The quantitative estimate of drug-likeness (QED) is 0.785. The Labute approximate surface area is 105 Å². The van der Waals surface area contributed by atoms with E-state index >= 15 is 0 Å². The molecule has 1 saturated heterocycles. The summed E-state index contributed by atoms with van der Waals surface area (Å²) in [7, 11) is 1.73. The minimum absolute atomic E-state index is 0.164. The second-order valence-electron chi connectivity index (χ2n) is 4.44. The van der Waals surface area contributed by atoms with Crippen LogP contribution in [0.2, 0.25) is 0 Å². The van der Waals surface area contributed by atoms with Gasteiger partial charge in [0.1, 0.15) is 12.1 Å². The molecule has 3 heterocycles. The molecule has 0 spiro atoms. The van der Waals surface area contributed by atoms with Gasteiger partial charge in [0.25, 0.3) is 5.78 Å². The van der Waals surface area contributed by atoms with Crippen LogP contribution in [0.5, 0.6) is 0 Å². The maximum absolute atomic E-state index is 5.43. The Morgan fingerprint density at radius 1 is 1.50 bits per heavy atom. The third-order valence-electron chi connectivity index (χ3n) is 3.17. The number of rotatable bonds is 3. The number of aryl methyl sites for hydroxylation is 1. The highest BCUT2D eigenvalue weighted by atomic mass is 16.5. The summed E-state index contributed by atoms with van der Waals surface area (Å²) in [5, 5.41) is 10.9. The Balaban J connectivity index is 1.92. The zero-order valence-electron chi connectivity index (χ0n) is 10.4.